The second-order valence-electron chi connectivity index (χ2n) is 6.42. The lowest BCUT2D eigenvalue weighted by atomic mass is 10.0. The Bertz CT molecular complexity index is 1090. The van der Waals surface area contributed by atoms with Crippen LogP contribution in [0.15, 0.2) is 70.7 Å². The zero-order valence-electron chi connectivity index (χ0n) is 14.3. The van der Waals surface area contributed by atoms with Crippen LogP contribution < -0.4 is 0 Å². The lowest BCUT2D eigenvalue weighted by molar-refractivity contribution is 0.477. The molecular formula is C22H19NO2. The predicted octanol–water partition coefficient (Wildman–Crippen LogP) is 5.86. The Morgan fingerprint density at radius 2 is 1.68 bits per heavy atom. The van der Waals surface area contributed by atoms with Crippen molar-refractivity contribution in [1.29, 1.82) is 0 Å². The molecule has 0 fully saturated rings. The van der Waals surface area contributed by atoms with Crippen LogP contribution in [0, 0.1) is 0 Å². The Balaban J connectivity index is 2.05. The Morgan fingerprint density at radius 1 is 1.00 bits per heavy atom. The van der Waals surface area contributed by atoms with E-state index in [2.05, 4.69) is 6.08 Å². The minimum Gasteiger partial charge on any atom is -0.507 e. The van der Waals surface area contributed by atoms with E-state index in [1.807, 2.05) is 68.4 Å². The van der Waals surface area contributed by atoms with Crippen molar-refractivity contribution in [1.82, 2.24) is 4.98 Å². The smallest absolute Gasteiger partial charge is 0.227 e. The van der Waals surface area contributed by atoms with Gasteiger partial charge in [0.2, 0.25) is 5.89 Å². The van der Waals surface area contributed by atoms with Gasteiger partial charge in [-0.1, -0.05) is 54.1 Å². The van der Waals surface area contributed by atoms with E-state index in [4.69, 9.17) is 9.40 Å². The first-order valence-electron chi connectivity index (χ1n) is 8.37. The normalized spacial score (nSPS) is 11.1. The van der Waals surface area contributed by atoms with E-state index < -0.39 is 0 Å². The molecule has 4 rings (SSSR count). The average molecular weight is 329 g/mol. The minimum absolute atomic E-state index is 0.286. The van der Waals surface area contributed by atoms with Crippen LogP contribution in [0.5, 0.6) is 5.75 Å². The predicted molar refractivity (Wildman–Crippen MR) is 102 cm³/mol. The molecule has 25 heavy (non-hydrogen) atoms. The molecule has 1 N–H and O–H groups in total. The van der Waals surface area contributed by atoms with Crippen LogP contribution in [0.3, 0.4) is 0 Å². The first-order valence-corrected chi connectivity index (χ1v) is 8.37. The number of rotatable bonds is 3. The van der Waals surface area contributed by atoms with Gasteiger partial charge in [0, 0.05) is 21.9 Å². The summed E-state index contributed by atoms with van der Waals surface area (Å²) in [5.41, 5.74) is 4.39. The number of aromatic hydroxyl groups is 1. The molecule has 1 heterocycles. The summed E-state index contributed by atoms with van der Waals surface area (Å²) in [6, 6.07) is 17.6. The summed E-state index contributed by atoms with van der Waals surface area (Å²) in [7, 11) is 0. The van der Waals surface area contributed by atoms with Crippen LogP contribution in [0.25, 0.3) is 33.3 Å². The van der Waals surface area contributed by atoms with Gasteiger partial charge in [-0.05, 0) is 32.4 Å². The number of aromatic nitrogens is 1. The second-order valence-corrected chi connectivity index (χ2v) is 6.42. The Kier molecular flexibility index (Phi) is 3.77. The van der Waals surface area contributed by atoms with Gasteiger partial charge >= 0.3 is 0 Å². The molecule has 0 aliphatic heterocycles. The highest BCUT2D eigenvalue weighted by Crippen LogP contribution is 2.39. The van der Waals surface area contributed by atoms with Crippen LogP contribution in [-0.4, -0.2) is 10.1 Å². The lowest BCUT2D eigenvalue weighted by Crippen LogP contribution is -1.89. The number of nitrogens with zero attached hydrogens (tertiary/aromatic N) is 1. The third-order valence-electron chi connectivity index (χ3n) is 4.36. The molecule has 3 nitrogen and oxygen atoms in total. The molecule has 3 heteroatoms. The second kappa shape index (κ2) is 6.10. The number of phenols is 1. The summed E-state index contributed by atoms with van der Waals surface area (Å²) in [6.07, 6.45) is 2.72. The topological polar surface area (TPSA) is 46.3 Å². The molecule has 0 bridgehead atoms. The SMILES string of the molecule is CC(C)=CCc1c(O)c2ccccc2c2oc(-c3ccccc3)nc12. The average Bonchev–Trinajstić information content (AvgIpc) is 3.07. The van der Waals surface area contributed by atoms with Crippen molar-refractivity contribution >= 4 is 21.9 Å². The van der Waals surface area contributed by atoms with Crippen molar-refractivity contribution in [3.05, 3.63) is 71.8 Å². The molecule has 0 saturated carbocycles. The molecule has 0 aliphatic carbocycles. The Hall–Kier alpha value is -3.07. The van der Waals surface area contributed by atoms with E-state index in [9.17, 15) is 5.11 Å². The van der Waals surface area contributed by atoms with Crippen LogP contribution in [0.2, 0.25) is 0 Å². The number of benzene rings is 3. The van der Waals surface area contributed by atoms with Crippen molar-refractivity contribution in [2.45, 2.75) is 20.3 Å². The first-order chi connectivity index (χ1) is 12.1. The summed E-state index contributed by atoms with van der Waals surface area (Å²) in [6.45, 7) is 4.10. The van der Waals surface area contributed by atoms with Gasteiger partial charge in [-0.3, -0.25) is 0 Å². The number of allylic oxidation sites excluding steroid dienone is 2. The molecule has 0 radical (unpaired) electrons. The molecule has 4 aromatic rings. The number of fused-ring (bicyclic) bond motifs is 3. The zero-order valence-corrected chi connectivity index (χ0v) is 14.3. The number of hydrogen-bond acceptors (Lipinski definition) is 3. The van der Waals surface area contributed by atoms with E-state index in [0.717, 1.165) is 33.0 Å². The van der Waals surface area contributed by atoms with E-state index in [0.29, 0.717) is 12.3 Å². The maximum absolute atomic E-state index is 10.8. The van der Waals surface area contributed by atoms with E-state index in [1.54, 1.807) is 0 Å². The van der Waals surface area contributed by atoms with Crippen LogP contribution >= 0.6 is 0 Å². The molecule has 3 aromatic carbocycles. The third kappa shape index (κ3) is 2.68. The standard InChI is InChI=1S/C22H19NO2/c1-14(2)12-13-18-19-21(17-11-7-6-10-16(17)20(18)24)25-22(23-19)15-8-4-3-5-9-15/h3-12,24H,13H2,1-2H3. The van der Waals surface area contributed by atoms with Gasteiger partial charge in [0.1, 0.15) is 11.3 Å². The van der Waals surface area contributed by atoms with E-state index in [-0.39, 0.29) is 5.75 Å². The summed E-state index contributed by atoms with van der Waals surface area (Å²) in [4.78, 5) is 4.72. The summed E-state index contributed by atoms with van der Waals surface area (Å²) in [5.74, 6) is 0.860. The van der Waals surface area contributed by atoms with Gasteiger partial charge in [-0.15, -0.1) is 0 Å². The molecule has 1 aromatic heterocycles. The molecule has 0 aliphatic rings. The highest BCUT2D eigenvalue weighted by molar-refractivity contribution is 6.08. The number of hydrogen-bond donors (Lipinski definition) is 1. The van der Waals surface area contributed by atoms with Crippen LogP contribution in [0.1, 0.15) is 19.4 Å². The highest BCUT2D eigenvalue weighted by atomic mass is 16.3. The Morgan fingerprint density at radius 3 is 2.40 bits per heavy atom. The van der Waals surface area contributed by atoms with Gasteiger partial charge in [0.15, 0.2) is 5.58 Å². The molecule has 0 unspecified atom stereocenters. The fraction of sp³-hybridized carbons (Fsp3) is 0.136. The van der Waals surface area contributed by atoms with Crippen LogP contribution in [0.4, 0.5) is 0 Å². The quantitative estimate of drug-likeness (QED) is 0.479. The van der Waals surface area contributed by atoms with Crippen LogP contribution in [-0.2, 0) is 6.42 Å². The largest absolute Gasteiger partial charge is 0.507 e. The minimum atomic E-state index is 0.286. The van der Waals surface area contributed by atoms with Crippen molar-refractivity contribution in [2.75, 3.05) is 0 Å². The van der Waals surface area contributed by atoms with Crippen molar-refractivity contribution < 1.29 is 9.52 Å². The third-order valence-corrected chi connectivity index (χ3v) is 4.36. The van der Waals surface area contributed by atoms with Gasteiger partial charge in [0.25, 0.3) is 0 Å². The molecule has 124 valence electrons. The molecular weight excluding hydrogens is 310 g/mol. The van der Waals surface area contributed by atoms with Crippen molar-refractivity contribution in [3.63, 3.8) is 0 Å². The van der Waals surface area contributed by atoms with Gasteiger partial charge in [-0.25, -0.2) is 4.98 Å². The van der Waals surface area contributed by atoms with Gasteiger partial charge < -0.3 is 9.52 Å². The molecule has 0 atom stereocenters. The van der Waals surface area contributed by atoms with Crippen molar-refractivity contribution in [3.8, 4) is 17.2 Å². The van der Waals surface area contributed by atoms with E-state index in [1.165, 1.54) is 5.57 Å². The maximum atomic E-state index is 10.8. The molecule has 0 spiro atoms. The molecule has 0 amide bonds. The first kappa shape index (κ1) is 15.5. The van der Waals surface area contributed by atoms with Gasteiger partial charge in [0.05, 0.1) is 0 Å². The number of phenolic OH excluding ortho intramolecular Hbond substituents is 1. The fourth-order valence-electron chi connectivity index (χ4n) is 3.07. The zero-order chi connectivity index (χ0) is 17.4. The summed E-state index contributed by atoms with van der Waals surface area (Å²) in [5, 5.41) is 12.5. The van der Waals surface area contributed by atoms with Crippen molar-refractivity contribution in [2.24, 2.45) is 0 Å². The van der Waals surface area contributed by atoms with E-state index >= 15 is 0 Å². The highest BCUT2D eigenvalue weighted by Gasteiger charge is 2.19. The van der Waals surface area contributed by atoms with Gasteiger partial charge in [-0.2, -0.15) is 0 Å². The Labute approximate surface area is 146 Å². The fourth-order valence-corrected chi connectivity index (χ4v) is 3.07. The monoisotopic (exact) mass is 329 g/mol. The lowest BCUT2D eigenvalue weighted by Gasteiger charge is -2.07. The molecule has 0 saturated heterocycles. The summed E-state index contributed by atoms with van der Waals surface area (Å²) >= 11 is 0. The maximum Gasteiger partial charge on any atom is 0.227 e. The number of oxazole rings is 1. The summed E-state index contributed by atoms with van der Waals surface area (Å²) < 4.78 is 6.13.